The summed E-state index contributed by atoms with van der Waals surface area (Å²) in [7, 11) is 0. The maximum Gasteiger partial charge on any atom is 0.119 e. The summed E-state index contributed by atoms with van der Waals surface area (Å²) in [6, 6.07) is 6.72. The highest BCUT2D eigenvalue weighted by molar-refractivity contribution is 5.33. The van der Waals surface area contributed by atoms with E-state index in [9.17, 15) is 5.11 Å². The lowest BCUT2D eigenvalue weighted by molar-refractivity contribution is 0.182. The molecule has 0 aromatic heterocycles. The van der Waals surface area contributed by atoms with Crippen molar-refractivity contribution in [3.63, 3.8) is 0 Å². The van der Waals surface area contributed by atoms with E-state index in [1.165, 1.54) is 24.0 Å². The highest BCUT2D eigenvalue weighted by Crippen LogP contribution is 2.20. The summed E-state index contributed by atoms with van der Waals surface area (Å²) in [6.45, 7) is 4.81. The molecule has 3 nitrogen and oxygen atoms in total. The third-order valence-electron chi connectivity index (χ3n) is 3.20. The van der Waals surface area contributed by atoms with Crippen LogP contribution in [0.3, 0.4) is 0 Å². The summed E-state index contributed by atoms with van der Waals surface area (Å²) in [5.41, 5.74) is 2.50. The van der Waals surface area contributed by atoms with Crippen molar-refractivity contribution in [3.05, 3.63) is 29.3 Å². The molecule has 2 rings (SSSR count). The Morgan fingerprint density at radius 3 is 2.71 bits per heavy atom. The summed E-state index contributed by atoms with van der Waals surface area (Å²) < 4.78 is 5.70. The first-order chi connectivity index (χ1) is 8.19. The van der Waals surface area contributed by atoms with Crippen LogP contribution in [-0.4, -0.2) is 30.4 Å². The van der Waals surface area contributed by atoms with Crippen LogP contribution in [0.5, 0.6) is 5.75 Å². The molecule has 0 aliphatic heterocycles. The van der Waals surface area contributed by atoms with Gasteiger partial charge in [0.15, 0.2) is 0 Å². The molecule has 1 unspecified atom stereocenters. The van der Waals surface area contributed by atoms with E-state index >= 15 is 0 Å². The zero-order valence-corrected chi connectivity index (χ0v) is 10.6. The van der Waals surface area contributed by atoms with Gasteiger partial charge in [-0.3, -0.25) is 0 Å². The fraction of sp³-hybridized carbons (Fsp3) is 0.571. The number of hydrogen-bond acceptors (Lipinski definition) is 3. The molecule has 0 bridgehead atoms. The minimum Gasteiger partial charge on any atom is -0.492 e. The molecule has 1 atom stereocenters. The van der Waals surface area contributed by atoms with Gasteiger partial charge in [0.05, 0.1) is 12.6 Å². The summed E-state index contributed by atoms with van der Waals surface area (Å²) in [5, 5.41) is 12.6. The van der Waals surface area contributed by atoms with E-state index in [0.29, 0.717) is 12.6 Å². The Kier molecular flexibility index (Phi) is 4.02. The molecule has 1 fully saturated rings. The van der Waals surface area contributed by atoms with Crippen LogP contribution in [-0.2, 0) is 0 Å². The molecule has 3 heteroatoms. The molecule has 0 radical (unpaired) electrons. The Morgan fingerprint density at radius 1 is 1.35 bits per heavy atom. The molecule has 1 aromatic rings. The number of aliphatic hydroxyl groups excluding tert-OH is 1. The molecule has 1 aromatic carbocycles. The Hall–Kier alpha value is -1.06. The van der Waals surface area contributed by atoms with Gasteiger partial charge in [-0.2, -0.15) is 0 Å². The van der Waals surface area contributed by atoms with E-state index in [4.69, 9.17) is 4.74 Å². The third-order valence-corrected chi connectivity index (χ3v) is 3.20. The lowest BCUT2D eigenvalue weighted by atomic mass is 10.1. The second kappa shape index (κ2) is 5.52. The quantitative estimate of drug-likeness (QED) is 0.790. The van der Waals surface area contributed by atoms with Crippen LogP contribution >= 0.6 is 0 Å². The number of rotatable bonds is 6. The summed E-state index contributed by atoms with van der Waals surface area (Å²) in [5.74, 6) is 0.879. The SMILES string of the molecule is Cc1ccc(OCC(CO)NC2CC2)cc1C. The molecule has 0 amide bonds. The van der Waals surface area contributed by atoms with E-state index in [1.807, 2.05) is 12.1 Å². The van der Waals surface area contributed by atoms with Crippen LogP contribution in [0, 0.1) is 13.8 Å². The maximum atomic E-state index is 9.24. The first kappa shape index (κ1) is 12.4. The normalized spacial score (nSPS) is 16.9. The van der Waals surface area contributed by atoms with Crippen LogP contribution in [0.25, 0.3) is 0 Å². The average molecular weight is 235 g/mol. The highest BCUT2D eigenvalue weighted by Gasteiger charge is 2.24. The molecule has 0 spiro atoms. The smallest absolute Gasteiger partial charge is 0.119 e. The molecule has 94 valence electrons. The molecular weight excluding hydrogens is 214 g/mol. The minimum absolute atomic E-state index is 0.0455. The van der Waals surface area contributed by atoms with Gasteiger partial charge in [0.1, 0.15) is 12.4 Å². The lowest BCUT2D eigenvalue weighted by Crippen LogP contribution is -2.39. The average Bonchev–Trinajstić information content (AvgIpc) is 3.12. The topological polar surface area (TPSA) is 41.5 Å². The van der Waals surface area contributed by atoms with Gasteiger partial charge in [0.2, 0.25) is 0 Å². The van der Waals surface area contributed by atoms with Crippen molar-refractivity contribution in [2.24, 2.45) is 0 Å². The summed E-state index contributed by atoms with van der Waals surface area (Å²) in [6.07, 6.45) is 2.44. The number of aryl methyl sites for hydroxylation is 2. The van der Waals surface area contributed by atoms with Crippen molar-refractivity contribution in [1.82, 2.24) is 5.32 Å². The van der Waals surface area contributed by atoms with Crippen molar-refractivity contribution < 1.29 is 9.84 Å². The van der Waals surface area contributed by atoms with E-state index < -0.39 is 0 Å². The predicted octanol–water partition coefficient (Wildman–Crippen LogP) is 1.80. The number of benzene rings is 1. The molecule has 2 N–H and O–H groups in total. The fourth-order valence-electron chi connectivity index (χ4n) is 1.74. The molecule has 0 saturated heterocycles. The van der Waals surface area contributed by atoms with Crippen LogP contribution in [0.1, 0.15) is 24.0 Å². The van der Waals surface area contributed by atoms with Gasteiger partial charge in [-0.15, -0.1) is 0 Å². The van der Waals surface area contributed by atoms with Crippen LogP contribution in [0.2, 0.25) is 0 Å². The van der Waals surface area contributed by atoms with Crippen molar-refractivity contribution in [2.75, 3.05) is 13.2 Å². The zero-order valence-electron chi connectivity index (χ0n) is 10.6. The zero-order chi connectivity index (χ0) is 12.3. The number of aliphatic hydroxyl groups is 1. The van der Waals surface area contributed by atoms with Crippen molar-refractivity contribution in [1.29, 1.82) is 0 Å². The molecule has 0 heterocycles. The Labute approximate surface area is 103 Å². The van der Waals surface area contributed by atoms with E-state index in [1.54, 1.807) is 0 Å². The van der Waals surface area contributed by atoms with Gasteiger partial charge in [0.25, 0.3) is 0 Å². The Bertz CT molecular complexity index is 374. The molecule has 1 aliphatic rings. The highest BCUT2D eigenvalue weighted by atomic mass is 16.5. The van der Waals surface area contributed by atoms with Gasteiger partial charge < -0.3 is 15.2 Å². The maximum absolute atomic E-state index is 9.24. The largest absolute Gasteiger partial charge is 0.492 e. The molecule has 1 saturated carbocycles. The summed E-state index contributed by atoms with van der Waals surface area (Å²) in [4.78, 5) is 0. The van der Waals surface area contributed by atoms with Crippen molar-refractivity contribution in [3.8, 4) is 5.75 Å². The van der Waals surface area contributed by atoms with Gasteiger partial charge in [0, 0.05) is 6.04 Å². The summed E-state index contributed by atoms with van der Waals surface area (Å²) >= 11 is 0. The first-order valence-corrected chi connectivity index (χ1v) is 6.26. The fourth-order valence-corrected chi connectivity index (χ4v) is 1.74. The minimum atomic E-state index is 0.0455. The molecule has 1 aliphatic carbocycles. The third kappa shape index (κ3) is 3.72. The standard InChI is InChI=1S/C14H21NO2/c1-10-3-6-14(7-11(10)2)17-9-13(8-16)15-12-4-5-12/h3,6-7,12-13,15-16H,4-5,8-9H2,1-2H3. The van der Waals surface area contributed by atoms with E-state index in [0.717, 1.165) is 5.75 Å². The number of nitrogens with one attached hydrogen (secondary N) is 1. The Morgan fingerprint density at radius 2 is 2.12 bits per heavy atom. The molecule has 17 heavy (non-hydrogen) atoms. The number of ether oxygens (including phenoxy) is 1. The van der Waals surface area contributed by atoms with Gasteiger partial charge >= 0.3 is 0 Å². The first-order valence-electron chi connectivity index (χ1n) is 6.26. The lowest BCUT2D eigenvalue weighted by Gasteiger charge is -2.17. The number of hydrogen-bond donors (Lipinski definition) is 2. The monoisotopic (exact) mass is 235 g/mol. The second-order valence-electron chi connectivity index (χ2n) is 4.88. The second-order valence-corrected chi connectivity index (χ2v) is 4.88. The van der Waals surface area contributed by atoms with Gasteiger partial charge in [-0.1, -0.05) is 6.07 Å². The van der Waals surface area contributed by atoms with Crippen molar-refractivity contribution in [2.45, 2.75) is 38.8 Å². The predicted molar refractivity (Wildman–Crippen MR) is 68.4 cm³/mol. The van der Waals surface area contributed by atoms with Crippen molar-refractivity contribution >= 4 is 0 Å². The van der Waals surface area contributed by atoms with Gasteiger partial charge in [-0.05, 0) is 49.9 Å². The Balaban J connectivity index is 1.84. The van der Waals surface area contributed by atoms with E-state index in [-0.39, 0.29) is 12.6 Å². The van der Waals surface area contributed by atoms with E-state index in [2.05, 4.69) is 25.2 Å². The van der Waals surface area contributed by atoms with Gasteiger partial charge in [-0.25, -0.2) is 0 Å². The van der Waals surface area contributed by atoms with Crippen LogP contribution in [0.4, 0.5) is 0 Å². The van der Waals surface area contributed by atoms with Crippen LogP contribution < -0.4 is 10.1 Å². The van der Waals surface area contributed by atoms with Crippen LogP contribution in [0.15, 0.2) is 18.2 Å². The molecular formula is C14H21NO2.